The van der Waals surface area contributed by atoms with E-state index in [0.29, 0.717) is 32.5 Å². The van der Waals surface area contributed by atoms with Crippen LogP contribution in [0.5, 0.6) is 0 Å². The number of carboxylic acid groups (broad SMARTS) is 1. The van der Waals surface area contributed by atoms with Crippen LogP contribution in [0.3, 0.4) is 0 Å². The number of ether oxygens (including phenoxy) is 3. The molecule has 1 saturated carbocycles. The third-order valence-electron chi connectivity index (χ3n) is 6.02. The first-order valence-electron chi connectivity index (χ1n) is 9.95. The van der Waals surface area contributed by atoms with E-state index in [1.54, 1.807) is 6.08 Å². The molecule has 0 unspecified atom stereocenters. The molecule has 29 heavy (non-hydrogen) atoms. The minimum absolute atomic E-state index is 0.0735. The summed E-state index contributed by atoms with van der Waals surface area (Å²) >= 11 is 0. The molecule has 0 aromatic heterocycles. The summed E-state index contributed by atoms with van der Waals surface area (Å²) < 4.78 is 17.2. The minimum atomic E-state index is -0.971. The number of hydrogen-bond acceptors (Lipinski definition) is 5. The molecule has 1 aromatic rings. The fourth-order valence-corrected chi connectivity index (χ4v) is 4.18. The minimum Gasteiger partial charge on any atom is -0.478 e. The lowest BCUT2D eigenvalue weighted by atomic mass is 9.62. The zero-order valence-electron chi connectivity index (χ0n) is 16.9. The molecule has 2 aliphatic rings. The van der Waals surface area contributed by atoms with Gasteiger partial charge in [0.25, 0.3) is 0 Å². The summed E-state index contributed by atoms with van der Waals surface area (Å²) in [6, 6.07) is 9.27. The molecule has 7 nitrogen and oxygen atoms in total. The van der Waals surface area contributed by atoms with Gasteiger partial charge in [-0.15, -0.1) is 0 Å². The van der Waals surface area contributed by atoms with Crippen molar-refractivity contribution in [3.05, 3.63) is 48.0 Å². The molecule has 0 radical (unpaired) electrons. The van der Waals surface area contributed by atoms with Gasteiger partial charge in [0.1, 0.15) is 6.61 Å². The highest BCUT2D eigenvalue weighted by Crippen LogP contribution is 2.49. The zero-order valence-corrected chi connectivity index (χ0v) is 16.9. The average molecular weight is 403 g/mol. The van der Waals surface area contributed by atoms with Gasteiger partial charge in [0.15, 0.2) is 5.79 Å². The summed E-state index contributed by atoms with van der Waals surface area (Å²) in [5.41, 5.74) is 0.621. The van der Waals surface area contributed by atoms with E-state index in [1.807, 2.05) is 30.3 Å². The van der Waals surface area contributed by atoms with Gasteiger partial charge in [-0.25, -0.2) is 9.59 Å². The number of carbonyl (C=O) groups excluding carboxylic acids is 1. The van der Waals surface area contributed by atoms with E-state index in [0.717, 1.165) is 11.6 Å². The Hall–Kier alpha value is -2.38. The molecule has 3 rings (SSSR count). The highest BCUT2D eigenvalue weighted by molar-refractivity contribution is 5.79. The summed E-state index contributed by atoms with van der Waals surface area (Å²) in [4.78, 5) is 23.3. The molecular weight excluding hydrogens is 374 g/mol. The molecule has 2 N–H and O–H groups in total. The van der Waals surface area contributed by atoms with Crippen molar-refractivity contribution in [2.75, 3.05) is 13.2 Å². The van der Waals surface area contributed by atoms with Gasteiger partial charge in [-0.05, 0) is 23.3 Å². The summed E-state index contributed by atoms with van der Waals surface area (Å²) in [5.74, 6) is -1.64. The molecule has 0 bridgehead atoms. The molecule has 1 amide bonds. The normalized spacial score (nSPS) is 25.2. The van der Waals surface area contributed by atoms with Crippen LogP contribution in [-0.4, -0.2) is 42.2 Å². The molecule has 158 valence electrons. The molecule has 7 heteroatoms. The molecule has 2 atom stereocenters. The third-order valence-corrected chi connectivity index (χ3v) is 6.02. The predicted molar refractivity (Wildman–Crippen MR) is 106 cm³/mol. The van der Waals surface area contributed by atoms with Gasteiger partial charge < -0.3 is 24.6 Å². The number of alkyl carbamates (subject to hydrolysis) is 1. The van der Waals surface area contributed by atoms with Crippen LogP contribution in [-0.2, 0) is 25.6 Å². The highest BCUT2D eigenvalue weighted by Gasteiger charge is 2.53. The third kappa shape index (κ3) is 5.36. The summed E-state index contributed by atoms with van der Waals surface area (Å²) in [7, 11) is 0. The molecule has 1 spiro atoms. The van der Waals surface area contributed by atoms with Crippen LogP contribution >= 0.6 is 0 Å². The van der Waals surface area contributed by atoms with Gasteiger partial charge >= 0.3 is 12.1 Å². The quantitative estimate of drug-likeness (QED) is 0.706. The smallest absolute Gasteiger partial charge is 0.407 e. The summed E-state index contributed by atoms with van der Waals surface area (Å²) in [6.45, 7) is 5.39. The SMILES string of the molecule is CC1(C)[C@H](C/C=C/C(=O)O)CC2(C[C@H]1NC(=O)OCc1ccccc1)OCCO2. The lowest BCUT2D eigenvalue weighted by Gasteiger charge is -2.50. The lowest BCUT2D eigenvalue weighted by molar-refractivity contribution is -0.211. The molecule has 1 aromatic carbocycles. The molecule has 1 aliphatic heterocycles. The Labute approximate surface area is 171 Å². The maximum Gasteiger partial charge on any atom is 0.407 e. The Morgan fingerprint density at radius 3 is 2.55 bits per heavy atom. The number of benzene rings is 1. The first-order valence-corrected chi connectivity index (χ1v) is 9.95. The monoisotopic (exact) mass is 403 g/mol. The number of allylic oxidation sites excluding steroid dienone is 1. The van der Waals surface area contributed by atoms with Crippen LogP contribution in [0.25, 0.3) is 0 Å². The van der Waals surface area contributed by atoms with Gasteiger partial charge in [0.2, 0.25) is 0 Å². The van der Waals surface area contributed by atoms with Gasteiger partial charge in [0, 0.05) is 25.0 Å². The van der Waals surface area contributed by atoms with Crippen molar-refractivity contribution in [3.63, 3.8) is 0 Å². The largest absolute Gasteiger partial charge is 0.478 e. The van der Waals surface area contributed by atoms with Crippen molar-refractivity contribution < 1.29 is 28.9 Å². The number of hydrogen-bond donors (Lipinski definition) is 2. The van der Waals surface area contributed by atoms with E-state index < -0.39 is 17.8 Å². The van der Waals surface area contributed by atoms with E-state index in [9.17, 15) is 9.59 Å². The number of carboxylic acids is 1. The average Bonchev–Trinajstić information content (AvgIpc) is 3.13. The topological polar surface area (TPSA) is 94.1 Å². The fraction of sp³-hybridized carbons (Fsp3) is 0.545. The Morgan fingerprint density at radius 2 is 1.90 bits per heavy atom. The fourth-order valence-electron chi connectivity index (χ4n) is 4.18. The number of amides is 1. The Balaban J connectivity index is 1.68. The van der Waals surface area contributed by atoms with Crippen LogP contribution in [0.2, 0.25) is 0 Å². The van der Waals surface area contributed by atoms with E-state index in [-0.39, 0.29) is 24.0 Å². The second-order valence-electron chi connectivity index (χ2n) is 8.27. The van der Waals surface area contributed by atoms with E-state index in [2.05, 4.69) is 19.2 Å². The Morgan fingerprint density at radius 1 is 1.21 bits per heavy atom. The number of carbonyl (C=O) groups is 2. The van der Waals surface area contributed by atoms with Crippen molar-refractivity contribution in [2.45, 2.75) is 51.5 Å². The molecular formula is C22H29NO6. The van der Waals surface area contributed by atoms with Gasteiger partial charge in [-0.3, -0.25) is 0 Å². The molecule has 2 fully saturated rings. The molecule has 1 heterocycles. The summed E-state index contributed by atoms with van der Waals surface area (Å²) in [5, 5.41) is 11.9. The maximum atomic E-state index is 12.5. The standard InChI is InChI=1S/C22H29NO6/c1-21(2)17(9-6-10-19(24)25)13-22(28-11-12-29-22)14-18(21)23-20(26)27-15-16-7-4-3-5-8-16/h3-8,10,17-18H,9,11-15H2,1-2H3,(H,23,26)(H,24,25)/b10-6+/t17-,18-/m1/s1. The van der Waals surface area contributed by atoms with Crippen molar-refractivity contribution in [3.8, 4) is 0 Å². The van der Waals surface area contributed by atoms with Crippen molar-refractivity contribution in [1.29, 1.82) is 0 Å². The van der Waals surface area contributed by atoms with Crippen molar-refractivity contribution >= 4 is 12.1 Å². The van der Waals surface area contributed by atoms with Gasteiger partial charge in [-0.2, -0.15) is 0 Å². The van der Waals surface area contributed by atoms with Crippen molar-refractivity contribution in [2.24, 2.45) is 11.3 Å². The van der Waals surface area contributed by atoms with E-state index in [1.165, 1.54) is 0 Å². The maximum absolute atomic E-state index is 12.5. The van der Waals surface area contributed by atoms with Crippen LogP contribution in [0.4, 0.5) is 4.79 Å². The second kappa shape index (κ2) is 8.97. The van der Waals surface area contributed by atoms with E-state index >= 15 is 0 Å². The van der Waals surface area contributed by atoms with Crippen LogP contribution in [0, 0.1) is 11.3 Å². The van der Waals surface area contributed by atoms with Gasteiger partial charge in [0.05, 0.1) is 13.2 Å². The highest BCUT2D eigenvalue weighted by atomic mass is 16.7. The van der Waals surface area contributed by atoms with Crippen LogP contribution in [0.1, 0.15) is 38.7 Å². The Kier molecular flexibility index (Phi) is 6.59. The number of rotatable bonds is 6. The van der Waals surface area contributed by atoms with Crippen LogP contribution < -0.4 is 5.32 Å². The molecule has 1 saturated heterocycles. The first-order chi connectivity index (χ1) is 13.8. The molecule has 1 aliphatic carbocycles. The zero-order chi connectivity index (χ0) is 20.9. The van der Waals surface area contributed by atoms with E-state index in [4.69, 9.17) is 19.3 Å². The van der Waals surface area contributed by atoms with Crippen LogP contribution in [0.15, 0.2) is 42.5 Å². The summed E-state index contributed by atoms with van der Waals surface area (Å²) in [6.07, 6.45) is 4.07. The first kappa shape index (κ1) is 21.3. The van der Waals surface area contributed by atoms with Gasteiger partial charge in [-0.1, -0.05) is 50.3 Å². The Bertz CT molecular complexity index is 739. The van der Waals surface area contributed by atoms with Crippen molar-refractivity contribution in [1.82, 2.24) is 5.32 Å². The predicted octanol–water partition coefficient (Wildman–Crippen LogP) is 3.49. The second-order valence-corrected chi connectivity index (χ2v) is 8.27. The lowest BCUT2D eigenvalue weighted by Crippen LogP contribution is -2.58. The number of aliphatic carboxylic acids is 1. The number of nitrogens with one attached hydrogen (secondary N) is 1.